The molecule has 0 aliphatic heterocycles. The first kappa shape index (κ1) is 23.4. The lowest BCUT2D eigenvalue weighted by Crippen LogP contribution is -2.15. The van der Waals surface area contributed by atoms with E-state index in [1.807, 2.05) is 26.0 Å². The Morgan fingerprint density at radius 3 is 2.25 bits per heavy atom. The maximum absolute atomic E-state index is 6.33. The summed E-state index contributed by atoms with van der Waals surface area (Å²) in [6.45, 7) is 9.19. The van der Waals surface area contributed by atoms with Crippen molar-refractivity contribution < 1.29 is 9.47 Å². The van der Waals surface area contributed by atoms with E-state index in [1.165, 1.54) is 38.5 Å². The van der Waals surface area contributed by atoms with Crippen molar-refractivity contribution in [1.29, 1.82) is 0 Å². The highest BCUT2D eigenvalue weighted by Crippen LogP contribution is 2.36. The van der Waals surface area contributed by atoms with E-state index in [2.05, 4.69) is 12.2 Å². The summed E-state index contributed by atoms with van der Waals surface area (Å²) in [5, 5.41) is 4.11. The SMILES string of the molecule is CCCCCCCCNCc1cc(Cl)c(OCC)c(OCC)c1.Cl. The second-order valence-electron chi connectivity index (χ2n) is 5.72. The molecule has 1 aromatic carbocycles. The van der Waals surface area contributed by atoms with Crippen LogP contribution in [-0.4, -0.2) is 19.8 Å². The van der Waals surface area contributed by atoms with Crippen LogP contribution in [0.3, 0.4) is 0 Å². The van der Waals surface area contributed by atoms with Gasteiger partial charge in [-0.15, -0.1) is 12.4 Å². The van der Waals surface area contributed by atoms with Crippen molar-refractivity contribution in [3.8, 4) is 11.5 Å². The van der Waals surface area contributed by atoms with Crippen molar-refractivity contribution in [1.82, 2.24) is 5.32 Å². The summed E-state index contributed by atoms with van der Waals surface area (Å²) in [7, 11) is 0. The van der Waals surface area contributed by atoms with Crippen molar-refractivity contribution in [3.63, 3.8) is 0 Å². The molecule has 0 amide bonds. The average Bonchev–Trinajstić information content (AvgIpc) is 2.53. The molecule has 0 heterocycles. The summed E-state index contributed by atoms with van der Waals surface area (Å²) >= 11 is 6.33. The second kappa shape index (κ2) is 14.7. The van der Waals surface area contributed by atoms with Gasteiger partial charge in [0, 0.05) is 6.54 Å². The van der Waals surface area contributed by atoms with Gasteiger partial charge in [0.15, 0.2) is 11.5 Å². The Labute approximate surface area is 158 Å². The quantitative estimate of drug-likeness (QED) is 0.427. The molecule has 0 saturated carbocycles. The molecule has 0 radical (unpaired) electrons. The topological polar surface area (TPSA) is 30.5 Å². The third-order valence-electron chi connectivity index (χ3n) is 3.69. The van der Waals surface area contributed by atoms with Crippen molar-refractivity contribution in [2.75, 3.05) is 19.8 Å². The van der Waals surface area contributed by atoms with Gasteiger partial charge in [-0.1, -0.05) is 50.6 Å². The lowest BCUT2D eigenvalue weighted by atomic mass is 10.1. The van der Waals surface area contributed by atoms with Crippen molar-refractivity contribution in [2.24, 2.45) is 0 Å². The van der Waals surface area contributed by atoms with E-state index in [0.29, 0.717) is 24.0 Å². The number of ether oxygens (including phenoxy) is 2. The first-order valence-corrected chi connectivity index (χ1v) is 9.39. The van der Waals surface area contributed by atoms with Crippen LogP contribution < -0.4 is 14.8 Å². The molecule has 0 fully saturated rings. The maximum atomic E-state index is 6.33. The molecule has 0 aliphatic carbocycles. The van der Waals surface area contributed by atoms with Crippen LogP contribution in [0.2, 0.25) is 5.02 Å². The normalized spacial score (nSPS) is 10.3. The molecule has 3 nitrogen and oxygen atoms in total. The summed E-state index contributed by atoms with van der Waals surface area (Å²) in [5.74, 6) is 1.38. The Bertz CT molecular complexity index is 442. The fraction of sp³-hybridized carbons (Fsp3) is 0.684. The van der Waals surface area contributed by atoms with Gasteiger partial charge in [-0.05, 0) is 44.5 Å². The van der Waals surface area contributed by atoms with E-state index in [-0.39, 0.29) is 12.4 Å². The highest BCUT2D eigenvalue weighted by molar-refractivity contribution is 6.32. The molecule has 5 heteroatoms. The van der Waals surface area contributed by atoms with Crippen LogP contribution in [0.25, 0.3) is 0 Å². The van der Waals surface area contributed by atoms with Crippen LogP contribution in [0, 0.1) is 0 Å². The van der Waals surface area contributed by atoms with E-state index in [9.17, 15) is 0 Å². The van der Waals surface area contributed by atoms with Gasteiger partial charge in [0.1, 0.15) is 0 Å². The fourth-order valence-electron chi connectivity index (χ4n) is 2.53. The van der Waals surface area contributed by atoms with Gasteiger partial charge < -0.3 is 14.8 Å². The summed E-state index contributed by atoms with van der Waals surface area (Å²) in [4.78, 5) is 0. The van der Waals surface area contributed by atoms with Gasteiger partial charge in [-0.3, -0.25) is 0 Å². The lowest BCUT2D eigenvalue weighted by Gasteiger charge is -2.14. The molecule has 0 atom stereocenters. The molecule has 1 rings (SSSR count). The van der Waals surface area contributed by atoms with Gasteiger partial charge in [-0.2, -0.15) is 0 Å². The minimum absolute atomic E-state index is 0. The summed E-state index contributed by atoms with van der Waals surface area (Å²) < 4.78 is 11.2. The number of hydrogen-bond donors (Lipinski definition) is 1. The molecule has 0 aromatic heterocycles. The number of rotatable bonds is 13. The highest BCUT2D eigenvalue weighted by atomic mass is 35.5. The molecular weight excluding hydrogens is 345 g/mol. The molecule has 0 unspecified atom stereocenters. The van der Waals surface area contributed by atoms with Crippen LogP contribution >= 0.6 is 24.0 Å². The smallest absolute Gasteiger partial charge is 0.179 e. The molecule has 0 aliphatic rings. The minimum Gasteiger partial charge on any atom is -0.490 e. The number of halogens is 2. The van der Waals surface area contributed by atoms with Crippen LogP contribution in [0.15, 0.2) is 12.1 Å². The minimum atomic E-state index is 0. The highest BCUT2D eigenvalue weighted by Gasteiger charge is 2.12. The summed E-state index contributed by atoms with van der Waals surface area (Å²) in [5.41, 5.74) is 1.13. The zero-order valence-electron chi connectivity index (χ0n) is 15.3. The number of benzene rings is 1. The molecule has 1 N–H and O–H groups in total. The van der Waals surface area contributed by atoms with E-state index >= 15 is 0 Å². The molecular formula is C19H33Cl2NO2. The Kier molecular flexibility index (Phi) is 14.3. The molecule has 1 aromatic rings. The lowest BCUT2D eigenvalue weighted by molar-refractivity contribution is 0.287. The fourth-order valence-corrected chi connectivity index (χ4v) is 2.82. The van der Waals surface area contributed by atoms with E-state index in [0.717, 1.165) is 24.4 Å². The van der Waals surface area contributed by atoms with E-state index in [1.54, 1.807) is 0 Å². The standard InChI is InChI=1S/C19H32ClNO2.ClH/c1-4-7-8-9-10-11-12-21-15-16-13-17(20)19(23-6-3)18(14-16)22-5-2;/h13-14,21H,4-12,15H2,1-3H3;1H. The predicted octanol–water partition coefficient (Wildman–Crippen LogP) is 6.01. The van der Waals surface area contributed by atoms with Gasteiger partial charge >= 0.3 is 0 Å². The molecule has 140 valence electrons. The van der Waals surface area contributed by atoms with Crippen LogP contribution in [0.4, 0.5) is 0 Å². The Balaban J connectivity index is 0.00000529. The van der Waals surface area contributed by atoms with Gasteiger partial charge in [0.25, 0.3) is 0 Å². The summed E-state index contributed by atoms with van der Waals surface area (Å²) in [6.07, 6.45) is 7.91. The van der Waals surface area contributed by atoms with E-state index in [4.69, 9.17) is 21.1 Å². The van der Waals surface area contributed by atoms with Crippen molar-refractivity contribution in [3.05, 3.63) is 22.7 Å². The van der Waals surface area contributed by atoms with Crippen LogP contribution in [0.5, 0.6) is 11.5 Å². The van der Waals surface area contributed by atoms with Gasteiger partial charge in [0.2, 0.25) is 0 Å². The first-order valence-electron chi connectivity index (χ1n) is 9.01. The third-order valence-corrected chi connectivity index (χ3v) is 3.97. The zero-order valence-corrected chi connectivity index (χ0v) is 16.9. The maximum Gasteiger partial charge on any atom is 0.179 e. The Morgan fingerprint density at radius 1 is 0.917 bits per heavy atom. The number of unbranched alkanes of at least 4 members (excludes halogenated alkanes) is 5. The Hall–Kier alpha value is -0.640. The monoisotopic (exact) mass is 377 g/mol. The largest absolute Gasteiger partial charge is 0.490 e. The molecule has 24 heavy (non-hydrogen) atoms. The Morgan fingerprint density at radius 2 is 1.58 bits per heavy atom. The number of hydrogen-bond acceptors (Lipinski definition) is 3. The van der Waals surface area contributed by atoms with Gasteiger partial charge in [0.05, 0.1) is 18.2 Å². The average molecular weight is 378 g/mol. The van der Waals surface area contributed by atoms with Crippen LogP contribution in [-0.2, 0) is 6.54 Å². The molecule has 0 spiro atoms. The molecule has 0 bridgehead atoms. The summed E-state index contributed by atoms with van der Waals surface area (Å²) in [6, 6.07) is 3.98. The van der Waals surface area contributed by atoms with E-state index < -0.39 is 0 Å². The second-order valence-corrected chi connectivity index (χ2v) is 6.12. The predicted molar refractivity (Wildman–Crippen MR) is 106 cm³/mol. The van der Waals surface area contributed by atoms with Crippen LogP contribution in [0.1, 0.15) is 64.9 Å². The molecule has 0 saturated heterocycles. The first-order chi connectivity index (χ1) is 11.2. The number of nitrogens with one attached hydrogen (secondary N) is 1. The third kappa shape index (κ3) is 9.00. The van der Waals surface area contributed by atoms with Crippen molar-refractivity contribution >= 4 is 24.0 Å². The zero-order chi connectivity index (χ0) is 16.9. The van der Waals surface area contributed by atoms with Gasteiger partial charge in [-0.25, -0.2) is 0 Å². The van der Waals surface area contributed by atoms with Crippen molar-refractivity contribution in [2.45, 2.75) is 65.8 Å².